The van der Waals surface area contributed by atoms with Crippen LogP contribution in [0.15, 0.2) is 48.5 Å². The van der Waals surface area contributed by atoms with Crippen molar-refractivity contribution in [2.45, 2.75) is 25.7 Å². The molecule has 2 saturated carbocycles. The van der Waals surface area contributed by atoms with Crippen LogP contribution in [-0.2, 0) is 19.2 Å². The summed E-state index contributed by atoms with van der Waals surface area (Å²) in [6, 6.07) is 13.6. The van der Waals surface area contributed by atoms with Crippen molar-refractivity contribution in [2.75, 3.05) is 23.5 Å². The molecule has 2 aliphatic heterocycles. The molecule has 3 amide bonds. The average Bonchev–Trinajstić information content (AvgIpc) is 3.63. The zero-order chi connectivity index (χ0) is 24.3. The first kappa shape index (κ1) is 21.8. The standard InChI is InChI=1S/C27H26N2O6/c1-34-21-5-3-2-4-20(21)28-14-17(13-22(28)30)27(33)35-19-10-8-18(9-11-19)29-25(31)23-15-6-7-16(12-15)24(23)26(29)32/h2-5,8-11,15-17,23-24H,6-7,12-14H2,1H3/t15-,16-,17+,23+,24+/m0/s1. The van der Waals surface area contributed by atoms with E-state index in [1.165, 1.54) is 12.0 Å². The molecule has 0 aromatic heterocycles. The van der Waals surface area contributed by atoms with Gasteiger partial charge in [0, 0.05) is 13.0 Å². The number of carbonyl (C=O) groups excluding carboxylic acids is 4. The second-order valence-corrected chi connectivity index (χ2v) is 9.89. The van der Waals surface area contributed by atoms with Crippen LogP contribution in [0.25, 0.3) is 0 Å². The molecule has 0 spiro atoms. The predicted octanol–water partition coefficient (Wildman–Crippen LogP) is 3.19. The highest BCUT2D eigenvalue weighted by Gasteiger charge is 2.61. The number of methoxy groups -OCH3 is 1. The maximum atomic E-state index is 13.0. The van der Waals surface area contributed by atoms with E-state index in [0.29, 0.717) is 34.7 Å². The van der Waals surface area contributed by atoms with Crippen molar-refractivity contribution in [1.29, 1.82) is 0 Å². The lowest BCUT2D eigenvalue weighted by Gasteiger charge is -2.19. The summed E-state index contributed by atoms with van der Waals surface area (Å²) in [6.07, 6.45) is 3.11. The van der Waals surface area contributed by atoms with Gasteiger partial charge in [0.15, 0.2) is 0 Å². The maximum Gasteiger partial charge on any atom is 0.316 e. The van der Waals surface area contributed by atoms with Crippen LogP contribution in [0.1, 0.15) is 25.7 Å². The van der Waals surface area contributed by atoms with Gasteiger partial charge in [-0.25, -0.2) is 0 Å². The summed E-state index contributed by atoms with van der Waals surface area (Å²) in [7, 11) is 1.54. The van der Waals surface area contributed by atoms with E-state index in [4.69, 9.17) is 9.47 Å². The minimum atomic E-state index is -0.608. The summed E-state index contributed by atoms with van der Waals surface area (Å²) in [4.78, 5) is 54.3. The molecule has 35 heavy (non-hydrogen) atoms. The molecule has 2 aromatic rings. The quantitative estimate of drug-likeness (QED) is 0.375. The normalized spacial score (nSPS) is 29.2. The van der Waals surface area contributed by atoms with E-state index in [9.17, 15) is 19.2 Å². The van der Waals surface area contributed by atoms with Crippen molar-refractivity contribution in [2.24, 2.45) is 29.6 Å². The molecule has 2 aromatic carbocycles. The van der Waals surface area contributed by atoms with E-state index in [-0.39, 0.29) is 42.5 Å². The lowest BCUT2D eigenvalue weighted by Crippen LogP contribution is -2.32. The van der Waals surface area contributed by atoms with E-state index in [0.717, 1.165) is 19.3 Å². The zero-order valence-electron chi connectivity index (χ0n) is 19.4. The lowest BCUT2D eigenvalue weighted by molar-refractivity contribution is -0.139. The summed E-state index contributed by atoms with van der Waals surface area (Å²) in [5.74, 6) is -0.295. The number of rotatable bonds is 5. The summed E-state index contributed by atoms with van der Waals surface area (Å²) in [6.45, 7) is 0.206. The first-order valence-electron chi connectivity index (χ1n) is 12.1. The van der Waals surface area contributed by atoms with Crippen LogP contribution in [-0.4, -0.2) is 37.3 Å². The lowest BCUT2D eigenvalue weighted by atomic mass is 9.81. The molecule has 4 fully saturated rings. The Labute approximate surface area is 202 Å². The number of fused-ring (bicyclic) bond motifs is 5. The number of hydrogen-bond acceptors (Lipinski definition) is 6. The van der Waals surface area contributed by atoms with Crippen molar-refractivity contribution >= 4 is 35.1 Å². The van der Waals surface area contributed by atoms with Gasteiger partial charge in [0.05, 0.1) is 36.2 Å². The SMILES string of the molecule is COc1ccccc1N1C[C@H](C(=O)Oc2ccc(N3C(=O)[C@@H]4[C@H]5CC[C@@H](C5)[C@H]4C3=O)cc2)CC1=O. The molecule has 0 radical (unpaired) electrons. The van der Waals surface area contributed by atoms with Crippen LogP contribution in [0.2, 0.25) is 0 Å². The molecule has 5 atom stereocenters. The van der Waals surface area contributed by atoms with Gasteiger partial charge in [0.25, 0.3) is 0 Å². The second kappa shape index (κ2) is 8.22. The molecular weight excluding hydrogens is 448 g/mol. The van der Waals surface area contributed by atoms with E-state index in [1.54, 1.807) is 41.3 Å². The number of ether oxygens (including phenoxy) is 2. The van der Waals surface area contributed by atoms with Gasteiger partial charge < -0.3 is 14.4 Å². The predicted molar refractivity (Wildman–Crippen MR) is 126 cm³/mol. The number of amides is 3. The fourth-order valence-electron chi connectivity index (χ4n) is 6.48. The molecule has 2 bridgehead atoms. The third-order valence-corrected chi connectivity index (χ3v) is 8.08. The molecule has 2 heterocycles. The van der Waals surface area contributed by atoms with Crippen molar-refractivity contribution in [3.63, 3.8) is 0 Å². The van der Waals surface area contributed by atoms with E-state index < -0.39 is 11.9 Å². The third kappa shape index (κ3) is 3.42. The highest BCUT2D eigenvalue weighted by Crippen LogP contribution is 2.56. The van der Waals surface area contributed by atoms with Gasteiger partial charge in [-0.1, -0.05) is 12.1 Å². The number of esters is 1. The van der Waals surface area contributed by atoms with Gasteiger partial charge in [-0.05, 0) is 67.5 Å². The third-order valence-electron chi connectivity index (χ3n) is 8.08. The Morgan fingerprint density at radius 1 is 0.914 bits per heavy atom. The smallest absolute Gasteiger partial charge is 0.316 e. The molecule has 4 aliphatic rings. The fourth-order valence-corrected chi connectivity index (χ4v) is 6.48. The van der Waals surface area contributed by atoms with E-state index in [1.807, 2.05) is 12.1 Å². The van der Waals surface area contributed by atoms with Gasteiger partial charge >= 0.3 is 5.97 Å². The Bertz CT molecular complexity index is 1200. The van der Waals surface area contributed by atoms with Crippen LogP contribution in [0.3, 0.4) is 0 Å². The number of hydrogen-bond donors (Lipinski definition) is 0. The number of imide groups is 1. The minimum Gasteiger partial charge on any atom is -0.495 e. The van der Waals surface area contributed by atoms with Crippen LogP contribution in [0.5, 0.6) is 11.5 Å². The Kier molecular flexibility index (Phi) is 5.12. The van der Waals surface area contributed by atoms with E-state index >= 15 is 0 Å². The highest BCUT2D eigenvalue weighted by atomic mass is 16.5. The molecule has 6 rings (SSSR count). The maximum absolute atomic E-state index is 13.0. The van der Waals surface area contributed by atoms with Crippen molar-refractivity contribution in [1.82, 2.24) is 0 Å². The Morgan fingerprint density at radius 2 is 1.57 bits per heavy atom. The van der Waals surface area contributed by atoms with Gasteiger partial charge in [0.2, 0.25) is 17.7 Å². The van der Waals surface area contributed by atoms with Crippen molar-refractivity contribution in [3.05, 3.63) is 48.5 Å². The summed E-state index contributed by atoms with van der Waals surface area (Å²) < 4.78 is 10.9. The van der Waals surface area contributed by atoms with Crippen LogP contribution in [0.4, 0.5) is 11.4 Å². The molecule has 180 valence electrons. The summed E-state index contributed by atoms with van der Waals surface area (Å²) in [5.41, 5.74) is 1.13. The molecule has 0 N–H and O–H groups in total. The topological polar surface area (TPSA) is 93.2 Å². The van der Waals surface area contributed by atoms with Crippen LogP contribution in [0, 0.1) is 29.6 Å². The number of carbonyl (C=O) groups is 4. The van der Waals surface area contributed by atoms with Gasteiger partial charge in [0.1, 0.15) is 11.5 Å². The summed E-state index contributed by atoms with van der Waals surface area (Å²) >= 11 is 0. The van der Waals surface area contributed by atoms with E-state index in [2.05, 4.69) is 0 Å². The zero-order valence-corrected chi connectivity index (χ0v) is 19.4. The molecule has 2 aliphatic carbocycles. The Balaban J connectivity index is 1.13. The molecule has 2 saturated heterocycles. The first-order valence-corrected chi connectivity index (χ1v) is 12.1. The average molecular weight is 475 g/mol. The van der Waals surface area contributed by atoms with Crippen LogP contribution >= 0.6 is 0 Å². The van der Waals surface area contributed by atoms with Crippen molar-refractivity contribution in [3.8, 4) is 11.5 Å². The number of nitrogens with zero attached hydrogens (tertiary/aromatic N) is 2. The summed E-state index contributed by atoms with van der Waals surface area (Å²) in [5, 5.41) is 0. The monoisotopic (exact) mass is 474 g/mol. The first-order chi connectivity index (χ1) is 17.0. The molecular formula is C27H26N2O6. The fraction of sp³-hybridized carbons (Fsp3) is 0.407. The van der Waals surface area contributed by atoms with Crippen molar-refractivity contribution < 1.29 is 28.7 Å². The molecule has 0 unspecified atom stereocenters. The van der Waals surface area contributed by atoms with Gasteiger partial charge in [-0.2, -0.15) is 0 Å². The Morgan fingerprint density at radius 3 is 2.23 bits per heavy atom. The number of para-hydroxylation sites is 2. The second-order valence-electron chi connectivity index (χ2n) is 9.89. The minimum absolute atomic E-state index is 0.0524. The highest BCUT2D eigenvalue weighted by molar-refractivity contribution is 6.22. The molecule has 8 nitrogen and oxygen atoms in total. The van der Waals surface area contributed by atoms with Gasteiger partial charge in [-0.15, -0.1) is 0 Å². The Hall–Kier alpha value is -3.68. The number of anilines is 2. The molecule has 8 heteroatoms. The largest absolute Gasteiger partial charge is 0.495 e. The van der Waals surface area contributed by atoms with Crippen LogP contribution < -0.4 is 19.3 Å². The van der Waals surface area contributed by atoms with Gasteiger partial charge in [-0.3, -0.25) is 24.1 Å². The number of benzene rings is 2.